The number of aromatic amines is 1. The minimum atomic E-state index is 0.237. The lowest BCUT2D eigenvalue weighted by atomic mass is 9.82. The molecule has 0 unspecified atom stereocenters. The van der Waals surface area contributed by atoms with E-state index in [0.717, 1.165) is 23.3 Å². The smallest absolute Gasteiger partial charge is 0.104 e. The maximum absolute atomic E-state index is 4.47. The van der Waals surface area contributed by atoms with Crippen LogP contribution in [0, 0.1) is 6.92 Å². The van der Waals surface area contributed by atoms with E-state index in [-0.39, 0.29) is 5.41 Å². The Labute approximate surface area is 90.7 Å². The predicted octanol–water partition coefficient (Wildman–Crippen LogP) is 3.56. The zero-order valence-corrected chi connectivity index (χ0v) is 9.89. The normalized spacial score (nSPS) is 12.3. The summed E-state index contributed by atoms with van der Waals surface area (Å²) in [6.07, 6.45) is 1.14. The minimum absolute atomic E-state index is 0.237. The fourth-order valence-corrected chi connectivity index (χ4v) is 1.76. The van der Waals surface area contributed by atoms with E-state index in [1.54, 1.807) is 0 Å². The molecule has 2 aromatic rings. The van der Waals surface area contributed by atoms with E-state index in [9.17, 15) is 0 Å². The second-order valence-corrected chi connectivity index (χ2v) is 4.79. The lowest BCUT2D eigenvalue weighted by Crippen LogP contribution is -2.15. The second-order valence-electron chi connectivity index (χ2n) is 4.79. The highest BCUT2D eigenvalue weighted by Gasteiger charge is 2.18. The SMILES string of the molecule is CCC(C)(C)c1ccc2[nH]c(C)nc2c1. The van der Waals surface area contributed by atoms with Crippen LogP contribution in [-0.2, 0) is 5.41 Å². The Bertz CT molecular complexity index is 480. The number of aromatic nitrogens is 2. The van der Waals surface area contributed by atoms with Gasteiger partial charge in [0, 0.05) is 0 Å². The van der Waals surface area contributed by atoms with Gasteiger partial charge < -0.3 is 4.98 Å². The van der Waals surface area contributed by atoms with Gasteiger partial charge in [-0.2, -0.15) is 0 Å². The van der Waals surface area contributed by atoms with E-state index >= 15 is 0 Å². The topological polar surface area (TPSA) is 28.7 Å². The summed E-state index contributed by atoms with van der Waals surface area (Å²) >= 11 is 0. The molecule has 0 aliphatic rings. The van der Waals surface area contributed by atoms with Crippen LogP contribution >= 0.6 is 0 Å². The fourth-order valence-electron chi connectivity index (χ4n) is 1.76. The summed E-state index contributed by atoms with van der Waals surface area (Å²) in [5, 5.41) is 0. The molecular formula is C13H18N2. The van der Waals surface area contributed by atoms with Crippen molar-refractivity contribution in [1.29, 1.82) is 0 Å². The molecule has 0 aliphatic heterocycles. The van der Waals surface area contributed by atoms with Crippen molar-refractivity contribution in [3.63, 3.8) is 0 Å². The first-order valence-corrected chi connectivity index (χ1v) is 5.50. The molecule has 0 bridgehead atoms. The number of hydrogen-bond acceptors (Lipinski definition) is 1. The molecule has 2 heteroatoms. The number of nitrogens with zero attached hydrogens (tertiary/aromatic N) is 1. The number of rotatable bonds is 2. The van der Waals surface area contributed by atoms with Crippen LogP contribution in [0.4, 0.5) is 0 Å². The summed E-state index contributed by atoms with van der Waals surface area (Å²) in [7, 11) is 0. The molecule has 2 nitrogen and oxygen atoms in total. The largest absolute Gasteiger partial charge is 0.342 e. The Morgan fingerprint density at radius 2 is 2.07 bits per heavy atom. The summed E-state index contributed by atoms with van der Waals surface area (Å²) < 4.78 is 0. The van der Waals surface area contributed by atoms with E-state index in [1.165, 1.54) is 5.56 Å². The van der Waals surface area contributed by atoms with Crippen molar-refractivity contribution in [3.05, 3.63) is 29.6 Å². The molecule has 1 aromatic carbocycles. The van der Waals surface area contributed by atoms with Crippen molar-refractivity contribution in [2.45, 2.75) is 39.5 Å². The van der Waals surface area contributed by atoms with Crippen molar-refractivity contribution in [1.82, 2.24) is 9.97 Å². The van der Waals surface area contributed by atoms with Crippen LogP contribution in [0.1, 0.15) is 38.6 Å². The van der Waals surface area contributed by atoms with Crippen LogP contribution in [0.2, 0.25) is 0 Å². The molecule has 0 fully saturated rings. The molecule has 0 saturated heterocycles. The number of fused-ring (bicyclic) bond motifs is 1. The van der Waals surface area contributed by atoms with Crippen LogP contribution in [0.3, 0.4) is 0 Å². The van der Waals surface area contributed by atoms with Gasteiger partial charge in [-0.1, -0.05) is 26.8 Å². The van der Waals surface area contributed by atoms with Crippen molar-refractivity contribution in [3.8, 4) is 0 Å². The van der Waals surface area contributed by atoms with E-state index in [4.69, 9.17) is 0 Å². The Morgan fingerprint density at radius 1 is 1.33 bits per heavy atom. The second kappa shape index (κ2) is 3.37. The first kappa shape index (κ1) is 10.2. The van der Waals surface area contributed by atoms with Gasteiger partial charge in [-0.3, -0.25) is 0 Å². The molecule has 1 N–H and O–H groups in total. The molecule has 0 atom stereocenters. The van der Waals surface area contributed by atoms with E-state index in [2.05, 4.69) is 48.9 Å². The Kier molecular flexibility index (Phi) is 2.29. The number of nitrogens with one attached hydrogen (secondary N) is 1. The number of benzene rings is 1. The van der Waals surface area contributed by atoms with Gasteiger partial charge in [0.1, 0.15) is 5.82 Å². The van der Waals surface area contributed by atoms with Gasteiger partial charge in [-0.15, -0.1) is 0 Å². The maximum Gasteiger partial charge on any atom is 0.104 e. The summed E-state index contributed by atoms with van der Waals surface area (Å²) in [6.45, 7) is 8.76. The van der Waals surface area contributed by atoms with Crippen LogP contribution in [0.25, 0.3) is 11.0 Å². The van der Waals surface area contributed by atoms with Gasteiger partial charge in [-0.25, -0.2) is 4.98 Å². The summed E-state index contributed by atoms with van der Waals surface area (Å²) in [5.74, 6) is 0.983. The summed E-state index contributed by atoms with van der Waals surface area (Å²) in [6, 6.07) is 6.52. The molecular weight excluding hydrogens is 184 g/mol. The zero-order chi connectivity index (χ0) is 11.1. The highest BCUT2D eigenvalue weighted by Crippen LogP contribution is 2.28. The third-order valence-corrected chi connectivity index (χ3v) is 3.27. The van der Waals surface area contributed by atoms with Gasteiger partial charge in [-0.05, 0) is 36.5 Å². The Balaban J connectivity index is 2.55. The lowest BCUT2D eigenvalue weighted by molar-refractivity contribution is 0.507. The number of imidazole rings is 1. The molecule has 0 aliphatic carbocycles. The molecule has 0 amide bonds. The molecule has 2 rings (SSSR count). The van der Waals surface area contributed by atoms with E-state index in [0.29, 0.717) is 0 Å². The van der Waals surface area contributed by atoms with E-state index < -0.39 is 0 Å². The van der Waals surface area contributed by atoms with Crippen molar-refractivity contribution >= 4 is 11.0 Å². The molecule has 0 radical (unpaired) electrons. The van der Waals surface area contributed by atoms with Gasteiger partial charge in [0.2, 0.25) is 0 Å². The van der Waals surface area contributed by atoms with Gasteiger partial charge in [0.15, 0.2) is 0 Å². The average Bonchev–Trinajstić information content (AvgIpc) is 2.56. The molecule has 15 heavy (non-hydrogen) atoms. The number of hydrogen-bond donors (Lipinski definition) is 1. The third kappa shape index (κ3) is 1.76. The van der Waals surface area contributed by atoms with Crippen molar-refractivity contribution < 1.29 is 0 Å². The van der Waals surface area contributed by atoms with Crippen LogP contribution in [0.5, 0.6) is 0 Å². The van der Waals surface area contributed by atoms with Crippen molar-refractivity contribution in [2.75, 3.05) is 0 Å². The Hall–Kier alpha value is -1.31. The standard InChI is InChI=1S/C13H18N2/c1-5-13(3,4)10-6-7-11-12(8-10)15-9(2)14-11/h6-8H,5H2,1-4H3,(H,14,15). The summed E-state index contributed by atoms with van der Waals surface area (Å²) in [5.41, 5.74) is 3.81. The van der Waals surface area contributed by atoms with Crippen molar-refractivity contribution in [2.24, 2.45) is 0 Å². The lowest BCUT2D eigenvalue weighted by Gasteiger charge is -2.23. The van der Waals surface area contributed by atoms with Crippen LogP contribution in [-0.4, -0.2) is 9.97 Å². The monoisotopic (exact) mass is 202 g/mol. The molecule has 0 spiro atoms. The fraction of sp³-hybridized carbons (Fsp3) is 0.462. The molecule has 0 saturated carbocycles. The predicted molar refractivity (Wildman–Crippen MR) is 64.1 cm³/mol. The summed E-state index contributed by atoms with van der Waals surface area (Å²) in [4.78, 5) is 7.71. The zero-order valence-electron chi connectivity index (χ0n) is 9.89. The number of aryl methyl sites for hydroxylation is 1. The maximum atomic E-state index is 4.47. The van der Waals surface area contributed by atoms with Gasteiger partial charge >= 0.3 is 0 Å². The minimum Gasteiger partial charge on any atom is -0.342 e. The van der Waals surface area contributed by atoms with Gasteiger partial charge in [0.05, 0.1) is 11.0 Å². The highest BCUT2D eigenvalue weighted by molar-refractivity contribution is 5.76. The molecule has 1 heterocycles. The first-order valence-electron chi connectivity index (χ1n) is 5.50. The van der Waals surface area contributed by atoms with Crippen LogP contribution < -0.4 is 0 Å². The third-order valence-electron chi connectivity index (χ3n) is 3.27. The Morgan fingerprint density at radius 3 is 2.73 bits per heavy atom. The van der Waals surface area contributed by atoms with Crippen LogP contribution in [0.15, 0.2) is 18.2 Å². The van der Waals surface area contributed by atoms with E-state index in [1.807, 2.05) is 6.92 Å². The number of H-pyrrole nitrogens is 1. The highest BCUT2D eigenvalue weighted by atomic mass is 14.9. The van der Waals surface area contributed by atoms with Gasteiger partial charge in [0.25, 0.3) is 0 Å². The molecule has 1 aromatic heterocycles. The quantitative estimate of drug-likeness (QED) is 0.792. The molecule has 80 valence electrons. The first-order chi connectivity index (χ1) is 7.03. The average molecular weight is 202 g/mol.